The minimum absolute atomic E-state index is 0.764. The standard InChI is InChI=1S/C15H29N.C2H6/c1-3-14(2)16-12-10-15(11-13-16)8-6-4-5-7-9-15;1-2/h14H,3-13H2,1-2H3;1-2H3. The van der Waals surface area contributed by atoms with Crippen LogP contribution >= 0.6 is 0 Å². The van der Waals surface area contributed by atoms with Crippen molar-refractivity contribution in [1.29, 1.82) is 0 Å². The predicted octanol–water partition coefficient (Wildman–Crippen LogP) is 5.25. The fourth-order valence-electron chi connectivity index (χ4n) is 3.68. The largest absolute Gasteiger partial charge is 0.301 e. The van der Waals surface area contributed by atoms with Gasteiger partial charge in [0, 0.05) is 6.04 Å². The van der Waals surface area contributed by atoms with Gasteiger partial charge in [0.2, 0.25) is 0 Å². The number of piperidine rings is 1. The van der Waals surface area contributed by atoms with Gasteiger partial charge >= 0.3 is 0 Å². The molecule has 2 fully saturated rings. The molecule has 1 aliphatic heterocycles. The molecule has 1 saturated carbocycles. The van der Waals surface area contributed by atoms with E-state index in [-0.39, 0.29) is 0 Å². The molecule has 1 aliphatic carbocycles. The van der Waals surface area contributed by atoms with E-state index in [4.69, 9.17) is 0 Å². The molecule has 1 spiro atoms. The molecular formula is C17H35N. The van der Waals surface area contributed by atoms with Crippen LogP contribution in [0.1, 0.15) is 85.5 Å². The lowest BCUT2D eigenvalue weighted by Crippen LogP contribution is -2.43. The van der Waals surface area contributed by atoms with Crippen molar-refractivity contribution in [2.45, 2.75) is 91.5 Å². The van der Waals surface area contributed by atoms with E-state index in [1.165, 1.54) is 70.9 Å². The summed E-state index contributed by atoms with van der Waals surface area (Å²) in [6, 6.07) is 0.808. The summed E-state index contributed by atoms with van der Waals surface area (Å²) in [7, 11) is 0. The highest BCUT2D eigenvalue weighted by Gasteiger charge is 2.35. The summed E-state index contributed by atoms with van der Waals surface area (Å²) in [5, 5.41) is 0. The van der Waals surface area contributed by atoms with Gasteiger partial charge in [-0.15, -0.1) is 0 Å². The summed E-state index contributed by atoms with van der Waals surface area (Å²) in [6.45, 7) is 11.5. The molecule has 0 aromatic rings. The van der Waals surface area contributed by atoms with Crippen LogP contribution in [0.4, 0.5) is 0 Å². The third kappa shape index (κ3) is 4.26. The molecule has 0 aromatic carbocycles. The molecule has 18 heavy (non-hydrogen) atoms. The number of likely N-dealkylation sites (tertiary alicyclic amines) is 1. The van der Waals surface area contributed by atoms with Gasteiger partial charge < -0.3 is 4.90 Å². The maximum atomic E-state index is 2.72. The highest BCUT2D eigenvalue weighted by atomic mass is 15.2. The molecule has 0 N–H and O–H groups in total. The molecule has 1 heterocycles. The second-order valence-electron chi connectivity index (χ2n) is 6.21. The summed E-state index contributed by atoms with van der Waals surface area (Å²) in [5.41, 5.74) is 0.764. The van der Waals surface area contributed by atoms with Crippen LogP contribution in [0.2, 0.25) is 0 Å². The van der Waals surface area contributed by atoms with Gasteiger partial charge in [0.25, 0.3) is 0 Å². The first-order chi connectivity index (χ1) is 8.76. The van der Waals surface area contributed by atoms with Crippen molar-refractivity contribution in [2.24, 2.45) is 5.41 Å². The van der Waals surface area contributed by atoms with Crippen molar-refractivity contribution in [3.8, 4) is 0 Å². The van der Waals surface area contributed by atoms with Gasteiger partial charge in [0.1, 0.15) is 0 Å². The second kappa shape index (κ2) is 8.19. The van der Waals surface area contributed by atoms with E-state index in [1.807, 2.05) is 13.8 Å². The molecule has 1 unspecified atom stereocenters. The smallest absolute Gasteiger partial charge is 0.00643 e. The second-order valence-corrected chi connectivity index (χ2v) is 6.21. The molecule has 0 aromatic heterocycles. The Hall–Kier alpha value is -0.0400. The number of hydrogen-bond acceptors (Lipinski definition) is 1. The van der Waals surface area contributed by atoms with Crippen molar-refractivity contribution >= 4 is 0 Å². The van der Waals surface area contributed by atoms with E-state index in [0.717, 1.165) is 11.5 Å². The normalized spacial score (nSPS) is 26.0. The Kier molecular flexibility index (Phi) is 7.29. The maximum Gasteiger partial charge on any atom is 0.00643 e. The first-order valence-electron chi connectivity index (χ1n) is 8.50. The van der Waals surface area contributed by atoms with Gasteiger partial charge in [-0.2, -0.15) is 0 Å². The fourth-order valence-corrected chi connectivity index (χ4v) is 3.68. The van der Waals surface area contributed by atoms with E-state index in [1.54, 1.807) is 0 Å². The van der Waals surface area contributed by atoms with E-state index in [9.17, 15) is 0 Å². The lowest BCUT2D eigenvalue weighted by atomic mass is 9.72. The van der Waals surface area contributed by atoms with E-state index >= 15 is 0 Å². The molecular weight excluding hydrogens is 218 g/mol. The van der Waals surface area contributed by atoms with Gasteiger partial charge in [0.15, 0.2) is 0 Å². The zero-order valence-corrected chi connectivity index (χ0v) is 13.3. The Bertz CT molecular complexity index is 194. The Morgan fingerprint density at radius 1 is 0.889 bits per heavy atom. The zero-order chi connectivity index (χ0) is 13.4. The topological polar surface area (TPSA) is 3.24 Å². The van der Waals surface area contributed by atoms with Crippen molar-refractivity contribution < 1.29 is 0 Å². The number of rotatable bonds is 2. The van der Waals surface area contributed by atoms with Crippen LogP contribution in [0.5, 0.6) is 0 Å². The molecule has 2 rings (SSSR count). The number of nitrogens with zero attached hydrogens (tertiary/aromatic N) is 1. The lowest BCUT2D eigenvalue weighted by Gasteiger charge is -2.43. The van der Waals surface area contributed by atoms with Gasteiger partial charge in [0.05, 0.1) is 0 Å². The average Bonchev–Trinajstić information content (AvgIpc) is 2.67. The summed E-state index contributed by atoms with van der Waals surface area (Å²) >= 11 is 0. The average molecular weight is 253 g/mol. The Morgan fingerprint density at radius 2 is 1.39 bits per heavy atom. The molecule has 1 atom stereocenters. The molecule has 1 saturated heterocycles. The summed E-state index contributed by atoms with van der Waals surface area (Å²) < 4.78 is 0. The highest BCUT2D eigenvalue weighted by molar-refractivity contribution is 4.88. The first-order valence-corrected chi connectivity index (χ1v) is 8.50. The Morgan fingerprint density at radius 3 is 1.83 bits per heavy atom. The third-order valence-electron chi connectivity index (χ3n) is 5.24. The first kappa shape index (κ1) is 16.0. The lowest BCUT2D eigenvalue weighted by molar-refractivity contribution is 0.0647. The summed E-state index contributed by atoms with van der Waals surface area (Å²) in [5.74, 6) is 0. The Labute approximate surface area is 115 Å². The zero-order valence-electron chi connectivity index (χ0n) is 13.3. The number of hydrogen-bond donors (Lipinski definition) is 0. The molecule has 2 aliphatic rings. The third-order valence-corrected chi connectivity index (χ3v) is 5.24. The van der Waals surface area contributed by atoms with Gasteiger partial charge in [-0.1, -0.05) is 46.5 Å². The monoisotopic (exact) mass is 253 g/mol. The van der Waals surface area contributed by atoms with Crippen LogP contribution in [0.15, 0.2) is 0 Å². The molecule has 108 valence electrons. The predicted molar refractivity (Wildman–Crippen MR) is 82.0 cm³/mol. The minimum atomic E-state index is 0.764. The van der Waals surface area contributed by atoms with E-state index < -0.39 is 0 Å². The fraction of sp³-hybridized carbons (Fsp3) is 1.00. The highest BCUT2D eigenvalue weighted by Crippen LogP contribution is 2.43. The van der Waals surface area contributed by atoms with Crippen molar-refractivity contribution in [1.82, 2.24) is 4.90 Å². The van der Waals surface area contributed by atoms with Crippen LogP contribution in [0.25, 0.3) is 0 Å². The van der Waals surface area contributed by atoms with Gasteiger partial charge in [-0.3, -0.25) is 0 Å². The molecule has 0 radical (unpaired) electrons. The quantitative estimate of drug-likeness (QED) is 0.650. The van der Waals surface area contributed by atoms with E-state index in [2.05, 4.69) is 18.7 Å². The summed E-state index contributed by atoms with van der Waals surface area (Å²) in [4.78, 5) is 2.72. The van der Waals surface area contributed by atoms with Crippen LogP contribution in [-0.2, 0) is 0 Å². The molecule has 1 heteroatoms. The molecule has 1 nitrogen and oxygen atoms in total. The van der Waals surface area contributed by atoms with Crippen LogP contribution in [0, 0.1) is 5.41 Å². The van der Waals surface area contributed by atoms with Gasteiger partial charge in [-0.05, 0) is 57.5 Å². The molecule has 0 bridgehead atoms. The SMILES string of the molecule is CC.CCC(C)N1CCC2(CCCCCC2)CC1. The van der Waals surface area contributed by atoms with Crippen LogP contribution in [0.3, 0.4) is 0 Å². The van der Waals surface area contributed by atoms with Crippen molar-refractivity contribution in [3.63, 3.8) is 0 Å². The minimum Gasteiger partial charge on any atom is -0.301 e. The van der Waals surface area contributed by atoms with Crippen molar-refractivity contribution in [3.05, 3.63) is 0 Å². The van der Waals surface area contributed by atoms with Crippen LogP contribution < -0.4 is 0 Å². The molecule has 0 amide bonds. The van der Waals surface area contributed by atoms with Gasteiger partial charge in [-0.25, -0.2) is 0 Å². The Balaban J connectivity index is 0.000000771. The maximum absolute atomic E-state index is 2.72. The van der Waals surface area contributed by atoms with Crippen LogP contribution in [-0.4, -0.2) is 24.0 Å². The van der Waals surface area contributed by atoms with E-state index in [0.29, 0.717) is 0 Å². The summed E-state index contributed by atoms with van der Waals surface area (Å²) in [6.07, 6.45) is 13.3. The van der Waals surface area contributed by atoms with Crippen molar-refractivity contribution in [2.75, 3.05) is 13.1 Å².